The molecule has 2 aromatic rings. The van der Waals surface area contributed by atoms with E-state index in [4.69, 9.17) is 4.42 Å². The van der Waals surface area contributed by atoms with Crippen molar-refractivity contribution in [1.82, 2.24) is 10.3 Å². The van der Waals surface area contributed by atoms with Crippen LogP contribution in [0.1, 0.15) is 12.8 Å². The Balaban J connectivity index is 1.78. The average Bonchev–Trinajstić information content (AvgIpc) is 2.91. The first-order valence-electron chi connectivity index (χ1n) is 7.10. The van der Waals surface area contributed by atoms with Crippen LogP contribution in [0, 0.1) is 16.0 Å². The number of benzene rings is 1. The largest absolute Gasteiger partial charge is 0.423 e. The monoisotopic (exact) mass is 290 g/mol. The molecule has 0 radical (unpaired) electrons. The van der Waals surface area contributed by atoms with Crippen molar-refractivity contribution in [3.63, 3.8) is 0 Å². The summed E-state index contributed by atoms with van der Waals surface area (Å²) in [6, 6.07) is 4.98. The average molecular weight is 290 g/mol. The van der Waals surface area contributed by atoms with E-state index in [0.717, 1.165) is 19.6 Å². The van der Waals surface area contributed by atoms with Gasteiger partial charge in [0, 0.05) is 25.7 Å². The Morgan fingerprint density at radius 2 is 2.43 bits per heavy atom. The fraction of sp³-hybridized carbons (Fsp3) is 0.500. The van der Waals surface area contributed by atoms with Crippen molar-refractivity contribution in [2.75, 3.05) is 31.6 Å². The molecule has 2 heterocycles. The third-order valence-corrected chi connectivity index (χ3v) is 3.83. The lowest BCUT2D eigenvalue weighted by Crippen LogP contribution is -2.36. The summed E-state index contributed by atoms with van der Waals surface area (Å²) in [7, 11) is 1.94. The van der Waals surface area contributed by atoms with E-state index in [1.165, 1.54) is 25.0 Å². The Kier molecular flexibility index (Phi) is 3.74. The van der Waals surface area contributed by atoms with Gasteiger partial charge in [-0.25, -0.2) is 0 Å². The minimum absolute atomic E-state index is 0.0292. The van der Waals surface area contributed by atoms with Crippen LogP contribution in [0.25, 0.3) is 11.1 Å². The molecule has 1 fully saturated rings. The molecular weight excluding hydrogens is 272 g/mol. The molecule has 1 atom stereocenters. The summed E-state index contributed by atoms with van der Waals surface area (Å²) in [5.41, 5.74) is 1.12. The molecule has 1 aliphatic rings. The minimum Gasteiger partial charge on any atom is -0.423 e. The molecule has 0 bridgehead atoms. The van der Waals surface area contributed by atoms with Crippen LogP contribution >= 0.6 is 0 Å². The molecule has 1 aromatic carbocycles. The number of nitrogens with zero attached hydrogens (tertiary/aromatic N) is 3. The number of nitro groups is 1. The highest BCUT2D eigenvalue weighted by molar-refractivity contribution is 5.77. The third kappa shape index (κ3) is 2.97. The Labute approximate surface area is 122 Å². The topological polar surface area (TPSA) is 84.4 Å². The van der Waals surface area contributed by atoms with Crippen molar-refractivity contribution >= 4 is 22.8 Å². The van der Waals surface area contributed by atoms with E-state index in [1.54, 1.807) is 6.07 Å². The maximum Gasteiger partial charge on any atom is 0.298 e. The Hall–Kier alpha value is -2.15. The second-order valence-electron chi connectivity index (χ2n) is 5.50. The van der Waals surface area contributed by atoms with Gasteiger partial charge < -0.3 is 14.6 Å². The van der Waals surface area contributed by atoms with Gasteiger partial charge in [0.2, 0.25) is 0 Å². The minimum atomic E-state index is -0.425. The van der Waals surface area contributed by atoms with Crippen LogP contribution in [0.2, 0.25) is 0 Å². The fourth-order valence-corrected chi connectivity index (χ4v) is 2.73. The second kappa shape index (κ2) is 5.69. The van der Waals surface area contributed by atoms with Crippen LogP contribution in [-0.2, 0) is 0 Å². The van der Waals surface area contributed by atoms with Gasteiger partial charge in [-0.2, -0.15) is 4.98 Å². The Bertz CT molecular complexity index is 649. The van der Waals surface area contributed by atoms with Crippen LogP contribution < -0.4 is 10.2 Å². The number of nitro benzene ring substituents is 1. The molecule has 7 heteroatoms. The summed E-state index contributed by atoms with van der Waals surface area (Å²) in [5, 5.41) is 14.2. The number of oxazole rings is 1. The van der Waals surface area contributed by atoms with Crippen molar-refractivity contribution in [2.24, 2.45) is 5.92 Å². The van der Waals surface area contributed by atoms with Gasteiger partial charge in [-0.1, -0.05) is 0 Å². The SMILES string of the molecule is CN(CC1CCCNC1)c1nc2cc([N+](=O)[O-])ccc2o1. The Morgan fingerprint density at radius 1 is 1.57 bits per heavy atom. The highest BCUT2D eigenvalue weighted by atomic mass is 16.6. The van der Waals surface area contributed by atoms with Gasteiger partial charge in [0.25, 0.3) is 11.7 Å². The van der Waals surface area contributed by atoms with Gasteiger partial charge in [-0.15, -0.1) is 0 Å². The number of hydrogen-bond acceptors (Lipinski definition) is 6. The van der Waals surface area contributed by atoms with Gasteiger partial charge in [0.15, 0.2) is 5.58 Å². The van der Waals surface area contributed by atoms with Crippen LogP contribution in [0.15, 0.2) is 22.6 Å². The molecule has 7 nitrogen and oxygen atoms in total. The highest BCUT2D eigenvalue weighted by Gasteiger charge is 2.19. The van der Waals surface area contributed by atoms with Gasteiger partial charge in [-0.05, 0) is 37.9 Å². The van der Waals surface area contributed by atoms with Crippen LogP contribution in [0.3, 0.4) is 0 Å². The van der Waals surface area contributed by atoms with Crippen molar-refractivity contribution < 1.29 is 9.34 Å². The lowest BCUT2D eigenvalue weighted by molar-refractivity contribution is -0.384. The maximum absolute atomic E-state index is 10.8. The molecule has 112 valence electrons. The number of anilines is 1. The molecule has 1 aliphatic heterocycles. The van der Waals surface area contributed by atoms with Crippen molar-refractivity contribution in [3.05, 3.63) is 28.3 Å². The van der Waals surface area contributed by atoms with Crippen molar-refractivity contribution in [2.45, 2.75) is 12.8 Å². The number of nitrogens with one attached hydrogen (secondary N) is 1. The predicted molar refractivity (Wildman–Crippen MR) is 79.5 cm³/mol. The van der Waals surface area contributed by atoms with Crippen LogP contribution in [0.4, 0.5) is 11.7 Å². The first-order chi connectivity index (χ1) is 10.1. The van der Waals surface area contributed by atoms with Gasteiger partial charge in [-0.3, -0.25) is 10.1 Å². The zero-order chi connectivity index (χ0) is 14.8. The molecule has 21 heavy (non-hydrogen) atoms. The van der Waals surface area contributed by atoms with Gasteiger partial charge in [0.1, 0.15) is 5.52 Å². The zero-order valence-electron chi connectivity index (χ0n) is 11.9. The number of aromatic nitrogens is 1. The molecular formula is C14H18N4O3. The molecule has 0 aliphatic carbocycles. The van der Waals surface area contributed by atoms with Crippen LogP contribution in [0.5, 0.6) is 0 Å². The summed E-state index contributed by atoms with van der Waals surface area (Å²) >= 11 is 0. The number of non-ortho nitro benzene ring substituents is 1. The normalized spacial score (nSPS) is 18.8. The van der Waals surface area contributed by atoms with E-state index < -0.39 is 4.92 Å². The second-order valence-corrected chi connectivity index (χ2v) is 5.50. The molecule has 1 N–H and O–H groups in total. The quantitative estimate of drug-likeness (QED) is 0.686. The number of fused-ring (bicyclic) bond motifs is 1. The fourth-order valence-electron chi connectivity index (χ4n) is 2.73. The van der Waals surface area contributed by atoms with Crippen LogP contribution in [-0.4, -0.2) is 36.6 Å². The predicted octanol–water partition coefficient (Wildman–Crippen LogP) is 2.17. The molecule has 0 saturated carbocycles. The van der Waals surface area contributed by atoms with E-state index >= 15 is 0 Å². The maximum atomic E-state index is 10.8. The summed E-state index contributed by atoms with van der Waals surface area (Å²) in [5.74, 6) is 0.577. The smallest absolute Gasteiger partial charge is 0.298 e. The molecule has 0 amide bonds. The standard InChI is InChI=1S/C14H18N4O3/c1-17(9-10-3-2-6-15-8-10)14-16-12-7-11(18(19)20)4-5-13(12)21-14/h4-5,7,10,15H,2-3,6,8-9H2,1H3. The molecule has 1 saturated heterocycles. The van der Waals surface area contributed by atoms with E-state index in [2.05, 4.69) is 10.3 Å². The first kappa shape index (κ1) is 13.8. The molecule has 1 unspecified atom stereocenters. The first-order valence-corrected chi connectivity index (χ1v) is 7.10. The van der Waals surface area contributed by atoms with E-state index in [9.17, 15) is 10.1 Å². The number of piperidine rings is 1. The lowest BCUT2D eigenvalue weighted by Gasteiger charge is -2.26. The number of hydrogen-bond donors (Lipinski definition) is 1. The third-order valence-electron chi connectivity index (χ3n) is 3.83. The summed E-state index contributed by atoms with van der Waals surface area (Å²) in [4.78, 5) is 16.7. The van der Waals surface area contributed by atoms with E-state index in [-0.39, 0.29) is 5.69 Å². The highest BCUT2D eigenvalue weighted by Crippen LogP contribution is 2.25. The lowest BCUT2D eigenvalue weighted by atomic mass is 9.99. The Morgan fingerprint density at radius 3 is 3.14 bits per heavy atom. The summed E-state index contributed by atoms with van der Waals surface area (Å²) in [6.07, 6.45) is 2.39. The molecule has 3 rings (SSSR count). The van der Waals surface area contributed by atoms with E-state index in [0.29, 0.717) is 23.0 Å². The number of rotatable bonds is 4. The summed E-state index contributed by atoms with van der Waals surface area (Å²) < 4.78 is 5.68. The molecule has 0 spiro atoms. The molecule has 1 aromatic heterocycles. The van der Waals surface area contributed by atoms with Gasteiger partial charge >= 0.3 is 0 Å². The van der Waals surface area contributed by atoms with Gasteiger partial charge in [0.05, 0.1) is 4.92 Å². The summed E-state index contributed by atoms with van der Waals surface area (Å²) in [6.45, 7) is 2.96. The van der Waals surface area contributed by atoms with Crippen molar-refractivity contribution in [3.8, 4) is 0 Å². The van der Waals surface area contributed by atoms with Crippen molar-refractivity contribution in [1.29, 1.82) is 0 Å². The zero-order valence-corrected chi connectivity index (χ0v) is 11.9. The van der Waals surface area contributed by atoms with E-state index in [1.807, 2.05) is 11.9 Å².